The van der Waals surface area contributed by atoms with Gasteiger partial charge >= 0.3 is 0 Å². The van der Waals surface area contributed by atoms with Crippen LogP contribution in [0.25, 0.3) is 0 Å². The van der Waals surface area contributed by atoms with Crippen LogP contribution >= 0.6 is 0 Å². The van der Waals surface area contributed by atoms with Crippen molar-refractivity contribution < 1.29 is 4.79 Å². The quantitative estimate of drug-likeness (QED) is 0.372. The number of nitrogens with one attached hydrogen (secondary N) is 1. The Hall–Kier alpha value is -0.650. The molecule has 0 aromatic carbocycles. The third-order valence-corrected chi connectivity index (χ3v) is 3.19. The molecule has 2 atom stereocenters. The Morgan fingerprint density at radius 1 is 1.67 bits per heavy atom. The zero-order valence-corrected chi connectivity index (χ0v) is 9.86. The van der Waals surface area contributed by atoms with E-state index in [1.807, 2.05) is 0 Å². The van der Waals surface area contributed by atoms with Crippen LogP contribution in [0.4, 0.5) is 0 Å². The first-order chi connectivity index (χ1) is 7.04. The van der Waals surface area contributed by atoms with Gasteiger partial charge in [0.2, 0.25) is 5.91 Å². The second-order valence-corrected chi connectivity index (χ2v) is 4.52. The number of amides is 1. The zero-order chi connectivity index (χ0) is 11.4. The Kier molecular flexibility index (Phi) is 4.50. The number of rotatable bonds is 4. The standard InChI is InChI=1S/C10H22N4O/c1-8(6-10(15)12-11)14-5-4-9(7-14)13(2)3/h8-9H,4-7,11H2,1-3H3,(H,12,15). The molecule has 1 amide bonds. The number of hydrogen-bond acceptors (Lipinski definition) is 4. The molecular weight excluding hydrogens is 192 g/mol. The van der Waals surface area contributed by atoms with Gasteiger partial charge in [0.1, 0.15) is 0 Å². The van der Waals surface area contributed by atoms with Crippen molar-refractivity contribution in [3.05, 3.63) is 0 Å². The first-order valence-electron chi connectivity index (χ1n) is 5.44. The summed E-state index contributed by atoms with van der Waals surface area (Å²) in [4.78, 5) is 15.7. The van der Waals surface area contributed by atoms with Crippen LogP contribution < -0.4 is 11.3 Å². The Labute approximate surface area is 91.6 Å². The summed E-state index contributed by atoms with van der Waals surface area (Å²) in [5.74, 6) is 4.98. The minimum atomic E-state index is -0.0872. The van der Waals surface area contributed by atoms with Crippen molar-refractivity contribution in [2.24, 2.45) is 5.84 Å². The molecule has 1 aliphatic rings. The van der Waals surface area contributed by atoms with Gasteiger partial charge in [-0.25, -0.2) is 5.84 Å². The number of hydrazine groups is 1. The summed E-state index contributed by atoms with van der Waals surface area (Å²) in [7, 11) is 4.21. The van der Waals surface area contributed by atoms with Gasteiger partial charge in [0.05, 0.1) is 0 Å². The Morgan fingerprint density at radius 3 is 2.80 bits per heavy atom. The van der Waals surface area contributed by atoms with Crippen LogP contribution in [0.2, 0.25) is 0 Å². The molecule has 2 unspecified atom stereocenters. The van der Waals surface area contributed by atoms with Crippen LogP contribution in [0.15, 0.2) is 0 Å². The van der Waals surface area contributed by atoms with Crippen LogP contribution in [-0.4, -0.2) is 55.0 Å². The number of likely N-dealkylation sites (N-methyl/N-ethyl adjacent to an activating group) is 1. The number of nitrogens with two attached hydrogens (primary N) is 1. The van der Waals surface area contributed by atoms with E-state index in [-0.39, 0.29) is 11.9 Å². The van der Waals surface area contributed by atoms with Crippen molar-refractivity contribution in [1.82, 2.24) is 15.2 Å². The normalized spacial score (nSPS) is 24.5. The van der Waals surface area contributed by atoms with Gasteiger partial charge in [-0.2, -0.15) is 0 Å². The maximum atomic E-state index is 11.1. The first kappa shape index (κ1) is 12.4. The number of likely N-dealkylation sites (tertiary alicyclic amines) is 1. The van der Waals surface area contributed by atoms with Gasteiger partial charge in [-0.05, 0) is 27.4 Å². The highest BCUT2D eigenvalue weighted by atomic mass is 16.2. The predicted octanol–water partition coefficient (Wildman–Crippen LogP) is -0.609. The van der Waals surface area contributed by atoms with E-state index in [9.17, 15) is 4.79 Å². The molecule has 1 fully saturated rings. The molecular formula is C10H22N4O. The van der Waals surface area contributed by atoms with Gasteiger partial charge in [0.25, 0.3) is 0 Å². The Balaban J connectivity index is 2.36. The molecule has 1 rings (SSSR count). The van der Waals surface area contributed by atoms with Crippen molar-refractivity contribution in [2.45, 2.75) is 31.8 Å². The average molecular weight is 214 g/mol. The molecule has 88 valence electrons. The smallest absolute Gasteiger partial charge is 0.235 e. The summed E-state index contributed by atoms with van der Waals surface area (Å²) in [6.07, 6.45) is 1.66. The lowest BCUT2D eigenvalue weighted by molar-refractivity contribution is -0.122. The fraction of sp³-hybridized carbons (Fsp3) is 0.900. The van der Waals surface area contributed by atoms with Gasteiger partial charge in [-0.3, -0.25) is 15.1 Å². The summed E-state index contributed by atoms with van der Waals surface area (Å²) in [6, 6.07) is 0.895. The molecule has 0 aromatic rings. The second kappa shape index (κ2) is 5.44. The van der Waals surface area contributed by atoms with Gasteiger partial charge in [-0.1, -0.05) is 0 Å². The molecule has 0 aliphatic carbocycles. The molecule has 5 heteroatoms. The Bertz CT molecular complexity index is 219. The predicted molar refractivity (Wildman–Crippen MR) is 60.1 cm³/mol. The summed E-state index contributed by atoms with van der Waals surface area (Å²) < 4.78 is 0. The number of nitrogens with zero attached hydrogens (tertiary/aromatic N) is 2. The molecule has 1 saturated heterocycles. The molecule has 0 aromatic heterocycles. The monoisotopic (exact) mass is 214 g/mol. The van der Waals surface area contributed by atoms with E-state index in [1.54, 1.807) is 0 Å². The van der Waals surface area contributed by atoms with E-state index in [2.05, 4.69) is 36.2 Å². The van der Waals surface area contributed by atoms with Gasteiger partial charge in [-0.15, -0.1) is 0 Å². The summed E-state index contributed by atoms with van der Waals surface area (Å²) >= 11 is 0. The van der Waals surface area contributed by atoms with Gasteiger partial charge in [0.15, 0.2) is 0 Å². The molecule has 1 heterocycles. The minimum Gasteiger partial charge on any atom is -0.305 e. The molecule has 15 heavy (non-hydrogen) atoms. The van der Waals surface area contributed by atoms with Crippen LogP contribution in [0.3, 0.4) is 0 Å². The van der Waals surface area contributed by atoms with Crippen molar-refractivity contribution >= 4 is 5.91 Å². The summed E-state index contributed by atoms with van der Waals surface area (Å²) in [5.41, 5.74) is 2.18. The fourth-order valence-corrected chi connectivity index (χ4v) is 2.05. The first-order valence-corrected chi connectivity index (χ1v) is 5.44. The number of carbonyl (C=O) groups excluding carboxylic acids is 1. The van der Waals surface area contributed by atoms with Crippen molar-refractivity contribution in [3.63, 3.8) is 0 Å². The topological polar surface area (TPSA) is 61.6 Å². The van der Waals surface area contributed by atoms with Gasteiger partial charge < -0.3 is 4.90 Å². The minimum absolute atomic E-state index is 0.0872. The largest absolute Gasteiger partial charge is 0.305 e. The van der Waals surface area contributed by atoms with E-state index in [0.717, 1.165) is 13.1 Å². The molecule has 1 aliphatic heterocycles. The lowest BCUT2D eigenvalue weighted by Gasteiger charge is -2.25. The second-order valence-electron chi connectivity index (χ2n) is 4.52. The molecule has 0 spiro atoms. The van der Waals surface area contributed by atoms with E-state index >= 15 is 0 Å². The highest BCUT2D eigenvalue weighted by Gasteiger charge is 2.27. The van der Waals surface area contributed by atoms with Crippen LogP contribution in [0, 0.1) is 0 Å². The van der Waals surface area contributed by atoms with Crippen molar-refractivity contribution in [2.75, 3.05) is 27.2 Å². The maximum Gasteiger partial charge on any atom is 0.235 e. The molecule has 3 N–H and O–H groups in total. The lowest BCUT2D eigenvalue weighted by atomic mass is 10.2. The van der Waals surface area contributed by atoms with E-state index < -0.39 is 0 Å². The average Bonchev–Trinajstić information content (AvgIpc) is 2.66. The van der Waals surface area contributed by atoms with Crippen LogP contribution in [0.5, 0.6) is 0 Å². The SMILES string of the molecule is CC(CC(=O)NN)N1CCC(N(C)C)C1. The van der Waals surface area contributed by atoms with Crippen LogP contribution in [0.1, 0.15) is 19.8 Å². The number of hydrogen-bond donors (Lipinski definition) is 2. The molecule has 0 radical (unpaired) electrons. The zero-order valence-electron chi connectivity index (χ0n) is 9.86. The third kappa shape index (κ3) is 3.44. The third-order valence-electron chi connectivity index (χ3n) is 3.19. The molecule has 0 saturated carbocycles. The highest BCUT2D eigenvalue weighted by Crippen LogP contribution is 2.17. The highest BCUT2D eigenvalue weighted by molar-refractivity contribution is 5.75. The van der Waals surface area contributed by atoms with Crippen LogP contribution in [-0.2, 0) is 4.79 Å². The van der Waals surface area contributed by atoms with Gasteiger partial charge in [0, 0.05) is 31.6 Å². The summed E-state index contributed by atoms with van der Waals surface area (Å²) in [5, 5.41) is 0. The Morgan fingerprint density at radius 2 is 2.33 bits per heavy atom. The lowest BCUT2D eigenvalue weighted by Crippen LogP contribution is -2.40. The van der Waals surface area contributed by atoms with Crippen molar-refractivity contribution in [3.8, 4) is 0 Å². The summed E-state index contributed by atoms with van der Waals surface area (Å²) in [6.45, 7) is 4.20. The molecule has 0 bridgehead atoms. The van der Waals surface area contributed by atoms with Crippen molar-refractivity contribution in [1.29, 1.82) is 0 Å². The van der Waals surface area contributed by atoms with E-state index in [1.165, 1.54) is 6.42 Å². The van der Waals surface area contributed by atoms with E-state index in [4.69, 9.17) is 5.84 Å². The maximum absolute atomic E-state index is 11.1. The fourth-order valence-electron chi connectivity index (χ4n) is 2.05. The number of carbonyl (C=O) groups is 1. The van der Waals surface area contributed by atoms with E-state index in [0.29, 0.717) is 12.5 Å². The molecule has 5 nitrogen and oxygen atoms in total.